The number of rotatable bonds is 54. The molecule has 37 heteroatoms. The molecule has 2 aromatic heterocycles. The third kappa shape index (κ3) is 26.6. The van der Waals surface area contributed by atoms with Crippen LogP contribution in [0.5, 0.6) is 5.75 Å². The summed E-state index contributed by atoms with van der Waals surface area (Å²) in [5.74, 6) is 0.890. The zero-order valence-corrected chi connectivity index (χ0v) is 71.0. The molecule has 4 aliphatic heterocycles. The molecular weight excluding hydrogens is 1650 g/mol. The van der Waals surface area contributed by atoms with Crippen molar-refractivity contribution in [1.29, 1.82) is 0 Å². The van der Waals surface area contributed by atoms with Gasteiger partial charge in [0.05, 0.1) is 199 Å². The second kappa shape index (κ2) is 49.3. The molecule has 126 heavy (non-hydrogen) atoms. The van der Waals surface area contributed by atoms with Crippen molar-refractivity contribution >= 4 is 58.3 Å². The van der Waals surface area contributed by atoms with Crippen molar-refractivity contribution in [2.24, 2.45) is 0 Å². The van der Waals surface area contributed by atoms with Gasteiger partial charge in [0.25, 0.3) is 5.56 Å². The Hall–Kier alpha value is -10.1. The third-order valence-electron chi connectivity index (χ3n) is 21.7. The highest BCUT2D eigenvalue weighted by Gasteiger charge is 2.49. The first-order valence-corrected chi connectivity index (χ1v) is 42.3. The van der Waals surface area contributed by atoms with Crippen LogP contribution in [0.4, 0.5) is 14.9 Å². The van der Waals surface area contributed by atoms with Crippen molar-refractivity contribution in [3.8, 4) is 29.0 Å². The Morgan fingerprint density at radius 3 is 1.84 bits per heavy atom. The number of halogens is 1. The predicted molar refractivity (Wildman–Crippen MR) is 446 cm³/mol. The van der Waals surface area contributed by atoms with Crippen molar-refractivity contribution in [2.45, 2.75) is 146 Å². The van der Waals surface area contributed by atoms with E-state index in [0.29, 0.717) is 164 Å². The van der Waals surface area contributed by atoms with Gasteiger partial charge in [-0.3, -0.25) is 24.0 Å². The van der Waals surface area contributed by atoms with Gasteiger partial charge in [-0.25, -0.2) is 23.8 Å². The number of carbonyl (C=O) groups is 7. The lowest BCUT2D eigenvalue weighted by Gasteiger charge is -2.38. The van der Waals surface area contributed by atoms with Crippen LogP contribution in [-0.4, -0.2) is 279 Å². The molecule has 5 amide bonds. The highest BCUT2D eigenvalue weighted by molar-refractivity contribution is 5.96. The van der Waals surface area contributed by atoms with E-state index in [1.54, 1.807) is 25.9 Å². The summed E-state index contributed by atoms with van der Waals surface area (Å²) in [7, 11) is 1.62. The average Bonchev–Trinajstić information content (AvgIpc) is 1.59. The number of esters is 1. The summed E-state index contributed by atoms with van der Waals surface area (Å²) in [5.41, 5.74) is 3.69. The average molecular weight is 1760 g/mol. The standard InChI is InChI=1S/C89H112FN7O29/c1-4-89(110)65-48-71-78-63(53-97(71)84(105)64(65)55-123-87(89)108)77-67(21-20-62-56(2)66(90)49-68(94-78)76(62)77)95-88(109)124-54-57-17-22-72(125-86-81(103)79(101)80(102)82(126-86)85(106)107)61(47-57)50-92-83(104)69(93-74(99)15-9-10-16-75(100)96-52-60-13-6-5-11-58(60)18-19-59-12-7-8-14-70(59)96)51-91-73(98)23-24-112-27-28-114-31-32-116-35-36-118-39-40-120-43-44-122-46-45-121-42-41-119-38-37-117-34-33-115-30-29-113-26-25-111-3/h5-8,11-14,17,22,47-49,67,69,79-82,86,101-103,110H,4,9-10,15-16,20-21,23-46,50-55H2,1-3H3,(H,91,98)(H,92,104)(H,93,99)(H,95,109)(H,106,107)/t67-,69-,79-,80-,81+,82-,86+,89-/m0/s1. The number of aliphatic hydroxyl groups is 4. The number of unbranched alkanes of at least 4 members (excludes halogenated alkanes) is 1. The molecule has 9 N–H and O–H groups in total. The summed E-state index contributed by atoms with van der Waals surface area (Å²) in [4.78, 5) is 116. The molecule has 1 saturated heterocycles. The van der Waals surface area contributed by atoms with E-state index in [-0.39, 0.29) is 148 Å². The summed E-state index contributed by atoms with van der Waals surface area (Å²) in [6, 6.07) is 19.6. The molecule has 1 aliphatic carbocycles. The number of nitrogens with zero attached hydrogens (tertiary/aromatic N) is 3. The number of carboxylic acid groups (broad SMARTS) is 1. The van der Waals surface area contributed by atoms with Gasteiger partial charge in [0, 0.05) is 78.7 Å². The number of methoxy groups -OCH3 is 1. The molecular formula is C89H112FN7O29. The Bertz CT molecular complexity index is 4810. The minimum Gasteiger partial charge on any atom is -0.479 e. The third-order valence-corrected chi connectivity index (χ3v) is 21.7. The Labute approximate surface area is 727 Å². The van der Waals surface area contributed by atoms with Gasteiger partial charge in [-0.1, -0.05) is 55.2 Å². The molecule has 4 aromatic carbocycles. The molecule has 6 aromatic rings. The number of ether oxygens (including phenoxy) is 16. The number of aryl methyl sites for hydroxylation is 1. The number of nitrogens with one attached hydrogen (secondary N) is 4. The lowest BCUT2D eigenvalue weighted by atomic mass is 9.81. The first kappa shape index (κ1) is 96.6. The number of aromatic nitrogens is 2. The highest BCUT2D eigenvalue weighted by atomic mass is 19.1. The summed E-state index contributed by atoms with van der Waals surface area (Å²) in [6.45, 7) is 10.5. The van der Waals surface area contributed by atoms with Crippen LogP contribution in [0.3, 0.4) is 0 Å². The van der Waals surface area contributed by atoms with Crippen LogP contribution in [0, 0.1) is 24.6 Å². The zero-order chi connectivity index (χ0) is 89.3. The molecule has 0 radical (unpaired) electrons. The van der Waals surface area contributed by atoms with Gasteiger partial charge < -0.3 is 132 Å². The summed E-state index contributed by atoms with van der Waals surface area (Å²) in [6.07, 6.45) is -10.4. The number of carbonyl (C=O) groups excluding carboxylic acids is 6. The quantitative estimate of drug-likeness (QED) is 0.0149. The fourth-order valence-corrected chi connectivity index (χ4v) is 14.9. The number of amides is 5. The largest absolute Gasteiger partial charge is 0.479 e. The SMILES string of the molecule is CC[C@@]1(O)C(=O)OCc2c1cc1n(c2=O)Cc2c-1nc1cc(F)c(C)c3c1c2[C@@H](NC(=O)OCc1ccc(O[C@@H]2O[C@H](C(=O)O)[C@@H](O)[C@H](O)[C@H]2O)c(CNC(=O)[C@H](CNC(=O)CCOCCOCCOCCOCCOCCOCCOCCOCCOCCOCCOCCOC)NC(=O)CCCCC(=O)N2Cc4ccccc4C#Cc4ccccc42)c1)CC3. The number of cyclic esters (lactones) is 1. The van der Waals surface area contributed by atoms with Crippen LogP contribution in [0.15, 0.2) is 83.7 Å². The number of fused-ring (bicyclic) bond motifs is 7. The number of aliphatic carboxylic acids is 1. The van der Waals surface area contributed by atoms with Crippen molar-refractivity contribution in [3.63, 3.8) is 0 Å². The van der Waals surface area contributed by atoms with E-state index in [9.17, 15) is 63.9 Å². The molecule has 0 bridgehead atoms. The first-order valence-electron chi connectivity index (χ1n) is 42.3. The van der Waals surface area contributed by atoms with Gasteiger partial charge in [-0.05, 0) is 103 Å². The van der Waals surface area contributed by atoms with E-state index < -0.39 is 115 Å². The van der Waals surface area contributed by atoms with E-state index in [4.69, 9.17) is 80.8 Å². The van der Waals surface area contributed by atoms with Crippen LogP contribution >= 0.6 is 0 Å². The zero-order valence-electron chi connectivity index (χ0n) is 71.0. The molecule has 1 fully saturated rings. The van der Waals surface area contributed by atoms with E-state index >= 15 is 4.39 Å². The van der Waals surface area contributed by atoms with Gasteiger partial charge in [0.15, 0.2) is 11.7 Å². The van der Waals surface area contributed by atoms with E-state index in [0.717, 1.165) is 11.1 Å². The van der Waals surface area contributed by atoms with Gasteiger partial charge >= 0.3 is 18.0 Å². The van der Waals surface area contributed by atoms with Crippen LogP contribution in [-0.2, 0) is 145 Å². The molecule has 684 valence electrons. The molecule has 36 nitrogen and oxygen atoms in total. The lowest BCUT2D eigenvalue weighted by molar-refractivity contribution is -0.271. The van der Waals surface area contributed by atoms with E-state index in [1.807, 2.05) is 48.5 Å². The fourth-order valence-electron chi connectivity index (χ4n) is 14.9. The maximum absolute atomic E-state index is 15.8. The van der Waals surface area contributed by atoms with Crippen molar-refractivity contribution in [2.75, 3.05) is 171 Å². The van der Waals surface area contributed by atoms with Gasteiger partial charge in [0.1, 0.15) is 49.1 Å². The summed E-state index contributed by atoms with van der Waals surface area (Å²) < 4.78 is 106. The number of hydrogen-bond donors (Lipinski definition) is 9. The molecule has 8 atom stereocenters. The summed E-state index contributed by atoms with van der Waals surface area (Å²) >= 11 is 0. The smallest absolute Gasteiger partial charge is 0.407 e. The maximum Gasteiger partial charge on any atom is 0.407 e. The Morgan fingerprint density at radius 1 is 0.651 bits per heavy atom. The Morgan fingerprint density at radius 2 is 1.23 bits per heavy atom. The Kier molecular flexibility index (Phi) is 37.8. The minimum atomic E-state index is -2.13. The normalized spacial score (nSPS) is 18.6. The molecule has 6 heterocycles. The number of benzene rings is 4. The number of alkyl carbamates (subject to hydrolysis) is 1. The molecule has 0 unspecified atom stereocenters. The number of anilines is 1. The monoisotopic (exact) mass is 1760 g/mol. The second-order valence-corrected chi connectivity index (χ2v) is 30.2. The van der Waals surface area contributed by atoms with E-state index in [1.165, 1.54) is 34.9 Å². The lowest BCUT2D eigenvalue weighted by Crippen LogP contribution is -2.61. The minimum absolute atomic E-state index is 0.0381. The van der Waals surface area contributed by atoms with Gasteiger partial charge in [-0.15, -0.1) is 0 Å². The maximum atomic E-state index is 15.8. The van der Waals surface area contributed by atoms with Crippen LogP contribution in [0.1, 0.15) is 119 Å². The van der Waals surface area contributed by atoms with Crippen LogP contribution < -0.4 is 36.5 Å². The second-order valence-electron chi connectivity index (χ2n) is 30.2. The topological polar surface area (TPSA) is 455 Å². The fraction of sp³-hybridized carbons (Fsp3) is 0.539. The van der Waals surface area contributed by atoms with Gasteiger partial charge in [-0.2, -0.15) is 0 Å². The van der Waals surface area contributed by atoms with Crippen molar-refractivity contribution in [3.05, 3.63) is 156 Å². The number of aliphatic hydroxyl groups excluding tert-OH is 3. The van der Waals surface area contributed by atoms with Crippen molar-refractivity contribution in [1.82, 2.24) is 30.8 Å². The number of hydrogen-bond acceptors (Lipinski definition) is 29. The number of para-hydroxylation sites is 1. The molecule has 5 aliphatic rings. The molecule has 0 saturated carbocycles. The molecule has 0 spiro atoms. The summed E-state index contributed by atoms with van der Waals surface area (Å²) in [5, 5.41) is 65.5. The Balaban J connectivity index is 0.657. The first-order chi connectivity index (χ1) is 61.2. The van der Waals surface area contributed by atoms with Gasteiger partial charge in [0.2, 0.25) is 29.9 Å². The van der Waals surface area contributed by atoms with Crippen molar-refractivity contribution < 1.29 is 139 Å². The van der Waals surface area contributed by atoms with Crippen LogP contribution in [0.25, 0.3) is 22.3 Å². The number of carboxylic acids is 1. The number of pyridine rings is 2. The van der Waals surface area contributed by atoms with E-state index in [2.05, 4.69) is 33.1 Å². The highest BCUT2D eigenvalue weighted by Crippen LogP contribution is 2.46. The molecule has 11 rings (SSSR count). The van der Waals surface area contributed by atoms with Crippen LogP contribution in [0.2, 0.25) is 0 Å². The predicted octanol–water partition coefficient (Wildman–Crippen LogP) is 3.66.